The second-order valence-electron chi connectivity index (χ2n) is 3.97. The van der Waals surface area contributed by atoms with E-state index in [1.54, 1.807) is 0 Å². The summed E-state index contributed by atoms with van der Waals surface area (Å²) in [5.41, 5.74) is 2.71. The van der Waals surface area contributed by atoms with Gasteiger partial charge in [-0.05, 0) is 50.0 Å². The maximum Gasteiger partial charge on any atom is 0.0438 e. The van der Waals surface area contributed by atoms with Crippen LogP contribution in [0.5, 0.6) is 0 Å². The minimum atomic E-state index is 0. The largest absolute Gasteiger partial charge is 0.317 e. The first kappa shape index (κ1) is 15.7. The van der Waals surface area contributed by atoms with Crippen LogP contribution in [0.4, 0.5) is 0 Å². The normalized spacial score (nSPS) is 16.1. The Morgan fingerprint density at radius 3 is 2.62 bits per heavy atom. The van der Waals surface area contributed by atoms with Crippen molar-refractivity contribution in [1.29, 1.82) is 0 Å². The summed E-state index contributed by atoms with van der Waals surface area (Å²) in [6.45, 7) is 4.48. The number of halogens is 2. The molecule has 2 rings (SSSR count). The van der Waals surface area contributed by atoms with Crippen LogP contribution >= 0.6 is 24.8 Å². The van der Waals surface area contributed by atoms with Gasteiger partial charge in [-0.1, -0.05) is 6.92 Å². The second kappa shape index (κ2) is 7.88. The highest BCUT2D eigenvalue weighted by Gasteiger charge is 2.15. The van der Waals surface area contributed by atoms with E-state index in [2.05, 4.69) is 29.4 Å². The molecule has 1 aromatic heterocycles. The molecule has 1 N–H and O–H groups in total. The van der Waals surface area contributed by atoms with Crippen LogP contribution in [0.2, 0.25) is 0 Å². The van der Waals surface area contributed by atoms with Crippen molar-refractivity contribution in [2.75, 3.05) is 13.1 Å². The molecule has 0 atom stereocenters. The average molecular weight is 263 g/mol. The monoisotopic (exact) mass is 262 g/mol. The number of nitrogens with one attached hydrogen (secondary N) is 1. The number of aromatic nitrogens is 1. The van der Waals surface area contributed by atoms with E-state index in [0.29, 0.717) is 5.92 Å². The number of pyridine rings is 1. The van der Waals surface area contributed by atoms with Gasteiger partial charge in [0.15, 0.2) is 0 Å². The standard InChI is InChI=1S/C12H18N2.2ClH/c1-2-10-3-8-14-12(9-10)11-4-6-13-7-5-11;;/h3,8-9,11,13H,2,4-7H2,1H3;2*1H. The van der Waals surface area contributed by atoms with Crippen molar-refractivity contribution >= 4 is 24.8 Å². The van der Waals surface area contributed by atoms with E-state index in [1.165, 1.54) is 24.1 Å². The Hall–Kier alpha value is -0.310. The quantitative estimate of drug-likeness (QED) is 0.887. The van der Waals surface area contributed by atoms with Gasteiger partial charge in [-0.25, -0.2) is 0 Å². The van der Waals surface area contributed by atoms with Gasteiger partial charge in [0.25, 0.3) is 0 Å². The molecule has 1 aromatic rings. The number of rotatable bonds is 2. The highest BCUT2D eigenvalue weighted by Crippen LogP contribution is 2.23. The van der Waals surface area contributed by atoms with Crippen LogP contribution in [0.3, 0.4) is 0 Å². The lowest BCUT2D eigenvalue weighted by Crippen LogP contribution is -2.27. The molecule has 0 saturated carbocycles. The van der Waals surface area contributed by atoms with Crippen LogP contribution in [-0.2, 0) is 6.42 Å². The fourth-order valence-electron chi connectivity index (χ4n) is 2.06. The molecule has 1 saturated heterocycles. The Morgan fingerprint density at radius 1 is 1.31 bits per heavy atom. The molecule has 16 heavy (non-hydrogen) atoms. The summed E-state index contributed by atoms with van der Waals surface area (Å²) >= 11 is 0. The Bertz CT molecular complexity index is 299. The van der Waals surface area contributed by atoms with Gasteiger partial charge >= 0.3 is 0 Å². The summed E-state index contributed by atoms with van der Waals surface area (Å²) in [5.74, 6) is 0.683. The van der Waals surface area contributed by atoms with Crippen molar-refractivity contribution in [2.24, 2.45) is 0 Å². The lowest BCUT2D eigenvalue weighted by molar-refractivity contribution is 0.453. The van der Waals surface area contributed by atoms with Gasteiger partial charge in [0.1, 0.15) is 0 Å². The second-order valence-corrected chi connectivity index (χ2v) is 3.97. The number of piperidine rings is 1. The predicted molar refractivity (Wildman–Crippen MR) is 73.0 cm³/mol. The molecule has 0 radical (unpaired) electrons. The SMILES string of the molecule is CCc1ccnc(C2CCNCC2)c1.Cl.Cl. The molecule has 92 valence electrons. The van der Waals surface area contributed by atoms with Gasteiger partial charge in [-0.15, -0.1) is 24.8 Å². The molecular weight excluding hydrogens is 243 g/mol. The molecule has 1 fully saturated rings. The zero-order valence-corrected chi connectivity index (χ0v) is 11.2. The van der Waals surface area contributed by atoms with Crippen molar-refractivity contribution in [3.8, 4) is 0 Å². The third-order valence-electron chi connectivity index (χ3n) is 3.01. The fourth-order valence-corrected chi connectivity index (χ4v) is 2.06. The van der Waals surface area contributed by atoms with Gasteiger partial charge in [-0.2, -0.15) is 0 Å². The van der Waals surface area contributed by atoms with Crippen molar-refractivity contribution in [3.63, 3.8) is 0 Å². The lowest BCUT2D eigenvalue weighted by atomic mass is 9.93. The third-order valence-corrected chi connectivity index (χ3v) is 3.01. The Labute approximate surface area is 110 Å². The van der Waals surface area contributed by atoms with Gasteiger partial charge in [0, 0.05) is 17.8 Å². The number of aryl methyl sites for hydroxylation is 1. The van der Waals surface area contributed by atoms with E-state index in [0.717, 1.165) is 19.5 Å². The van der Waals surface area contributed by atoms with Gasteiger partial charge < -0.3 is 5.32 Å². The van der Waals surface area contributed by atoms with Crippen LogP contribution in [0.15, 0.2) is 18.3 Å². The molecule has 0 aliphatic carbocycles. The molecule has 0 bridgehead atoms. The summed E-state index contributed by atoms with van der Waals surface area (Å²) in [5, 5.41) is 3.39. The Morgan fingerprint density at radius 2 is 2.00 bits per heavy atom. The average Bonchev–Trinajstić information content (AvgIpc) is 2.30. The van der Waals surface area contributed by atoms with E-state index in [1.807, 2.05) is 6.20 Å². The van der Waals surface area contributed by atoms with Gasteiger partial charge in [0.05, 0.1) is 0 Å². The van der Waals surface area contributed by atoms with E-state index in [-0.39, 0.29) is 24.8 Å². The summed E-state index contributed by atoms with van der Waals surface area (Å²) in [6, 6.07) is 4.39. The van der Waals surface area contributed by atoms with Crippen LogP contribution < -0.4 is 5.32 Å². The maximum atomic E-state index is 4.48. The molecule has 1 aliphatic heterocycles. The first-order valence-corrected chi connectivity index (χ1v) is 5.55. The van der Waals surface area contributed by atoms with E-state index in [4.69, 9.17) is 0 Å². The van der Waals surface area contributed by atoms with Crippen molar-refractivity contribution < 1.29 is 0 Å². The van der Waals surface area contributed by atoms with E-state index in [9.17, 15) is 0 Å². The number of nitrogens with zero attached hydrogens (tertiary/aromatic N) is 1. The topological polar surface area (TPSA) is 24.9 Å². The first-order chi connectivity index (χ1) is 6.90. The Kier molecular flexibility index (Phi) is 7.73. The molecule has 1 aliphatic rings. The predicted octanol–water partition coefficient (Wildman–Crippen LogP) is 2.95. The highest BCUT2D eigenvalue weighted by molar-refractivity contribution is 5.85. The molecular formula is C12H20Cl2N2. The van der Waals surface area contributed by atoms with Crippen molar-refractivity contribution in [2.45, 2.75) is 32.1 Å². The summed E-state index contributed by atoms with van der Waals surface area (Å²) < 4.78 is 0. The van der Waals surface area contributed by atoms with Crippen molar-refractivity contribution in [3.05, 3.63) is 29.6 Å². The zero-order chi connectivity index (χ0) is 9.80. The van der Waals surface area contributed by atoms with Crippen LogP contribution in [-0.4, -0.2) is 18.1 Å². The molecule has 4 heteroatoms. The van der Waals surface area contributed by atoms with Gasteiger partial charge in [-0.3, -0.25) is 4.98 Å². The molecule has 0 aromatic carbocycles. The fraction of sp³-hybridized carbons (Fsp3) is 0.583. The van der Waals surface area contributed by atoms with Crippen LogP contribution in [0, 0.1) is 0 Å². The number of hydrogen-bond donors (Lipinski definition) is 1. The third kappa shape index (κ3) is 3.93. The molecule has 2 nitrogen and oxygen atoms in total. The molecule has 0 amide bonds. The van der Waals surface area contributed by atoms with Gasteiger partial charge in [0.2, 0.25) is 0 Å². The Balaban J connectivity index is 0.00000112. The number of hydrogen-bond acceptors (Lipinski definition) is 2. The van der Waals surface area contributed by atoms with E-state index >= 15 is 0 Å². The summed E-state index contributed by atoms with van der Waals surface area (Å²) in [7, 11) is 0. The van der Waals surface area contributed by atoms with Crippen molar-refractivity contribution in [1.82, 2.24) is 10.3 Å². The first-order valence-electron chi connectivity index (χ1n) is 5.55. The lowest BCUT2D eigenvalue weighted by Gasteiger charge is -2.22. The van der Waals surface area contributed by atoms with E-state index < -0.39 is 0 Å². The summed E-state index contributed by atoms with van der Waals surface area (Å²) in [6.07, 6.45) is 5.54. The minimum Gasteiger partial charge on any atom is -0.317 e. The smallest absolute Gasteiger partial charge is 0.0438 e. The maximum absolute atomic E-state index is 4.48. The van der Waals surface area contributed by atoms with Crippen LogP contribution in [0.1, 0.15) is 36.9 Å². The molecule has 0 unspecified atom stereocenters. The zero-order valence-electron chi connectivity index (χ0n) is 9.61. The molecule has 2 heterocycles. The van der Waals surface area contributed by atoms with Crippen LogP contribution in [0.25, 0.3) is 0 Å². The highest BCUT2D eigenvalue weighted by atomic mass is 35.5. The minimum absolute atomic E-state index is 0. The molecule has 0 spiro atoms. The summed E-state index contributed by atoms with van der Waals surface area (Å²) in [4.78, 5) is 4.48.